The highest BCUT2D eigenvalue weighted by Crippen LogP contribution is 2.32. The Hall–Kier alpha value is -0.930. The van der Waals surface area contributed by atoms with Crippen LogP contribution in [-0.2, 0) is 0 Å². The van der Waals surface area contributed by atoms with Crippen molar-refractivity contribution in [3.63, 3.8) is 0 Å². The number of rotatable bonds is 3. The number of aromatic nitrogens is 1. The Bertz CT molecular complexity index is 377. The molecule has 2 heterocycles. The van der Waals surface area contributed by atoms with Crippen molar-refractivity contribution in [3.8, 4) is 0 Å². The molecule has 1 aliphatic heterocycles. The van der Waals surface area contributed by atoms with Gasteiger partial charge < -0.3 is 5.73 Å². The lowest BCUT2D eigenvalue weighted by Gasteiger charge is -2.31. The summed E-state index contributed by atoms with van der Waals surface area (Å²) in [6.45, 7) is 8.59. The zero-order valence-corrected chi connectivity index (χ0v) is 11.1. The third-order valence-electron chi connectivity index (χ3n) is 3.89. The summed E-state index contributed by atoms with van der Waals surface area (Å²) in [6.07, 6.45) is 5.10. The maximum absolute atomic E-state index is 5.99. The summed E-state index contributed by atoms with van der Waals surface area (Å²) in [4.78, 5) is 6.78. The summed E-state index contributed by atoms with van der Waals surface area (Å²) in [7, 11) is 0. The molecule has 3 nitrogen and oxygen atoms in total. The molecule has 1 aromatic heterocycles. The lowest BCUT2D eigenvalue weighted by atomic mass is 10.0. The van der Waals surface area contributed by atoms with Gasteiger partial charge in [-0.15, -0.1) is 0 Å². The number of nitrogens with zero attached hydrogens (tertiary/aromatic N) is 2. The molecule has 3 heteroatoms. The lowest BCUT2D eigenvalue weighted by molar-refractivity contribution is 0.191. The normalized spacial score (nSPS) is 27.3. The zero-order valence-electron chi connectivity index (χ0n) is 11.1. The summed E-state index contributed by atoms with van der Waals surface area (Å²) in [5.74, 6) is 0.774. The van der Waals surface area contributed by atoms with E-state index in [0.29, 0.717) is 18.6 Å². The van der Waals surface area contributed by atoms with E-state index < -0.39 is 0 Å². The standard InChI is InChI=1S/C14H23N3/c1-10-6-12(3)17(9-10)14(7-15)13-8-16-5-4-11(13)2/h4-5,8,10,12,14H,6-7,9,15H2,1-3H3. The second-order valence-electron chi connectivity index (χ2n) is 5.37. The molecule has 3 atom stereocenters. The Labute approximate surface area is 104 Å². The second-order valence-corrected chi connectivity index (χ2v) is 5.37. The van der Waals surface area contributed by atoms with Crippen LogP contribution in [0.3, 0.4) is 0 Å². The Morgan fingerprint density at radius 1 is 1.53 bits per heavy atom. The first-order chi connectivity index (χ1) is 8.13. The summed E-state index contributed by atoms with van der Waals surface area (Å²) in [5.41, 5.74) is 8.57. The number of hydrogen-bond donors (Lipinski definition) is 1. The molecule has 1 saturated heterocycles. The summed E-state index contributed by atoms with van der Waals surface area (Å²) < 4.78 is 0. The molecule has 17 heavy (non-hydrogen) atoms. The highest BCUT2D eigenvalue weighted by Gasteiger charge is 2.32. The third-order valence-corrected chi connectivity index (χ3v) is 3.89. The van der Waals surface area contributed by atoms with Gasteiger partial charge in [-0.25, -0.2) is 0 Å². The van der Waals surface area contributed by atoms with E-state index in [9.17, 15) is 0 Å². The van der Waals surface area contributed by atoms with E-state index in [-0.39, 0.29) is 0 Å². The third kappa shape index (κ3) is 2.50. The van der Waals surface area contributed by atoms with E-state index in [0.717, 1.165) is 12.5 Å². The van der Waals surface area contributed by atoms with Crippen LogP contribution in [0.1, 0.15) is 37.4 Å². The van der Waals surface area contributed by atoms with Crippen molar-refractivity contribution in [1.29, 1.82) is 0 Å². The molecule has 0 aliphatic carbocycles. The largest absolute Gasteiger partial charge is 0.329 e. The molecule has 2 N–H and O–H groups in total. The van der Waals surface area contributed by atoms with E-state index in [1.165, 1.54) is 17.5 Å². The molecule has 1 aliphatic rings. The van der Waals surface area contributed by atoms with Gasteiger partial charge in [0.25, 0.3) is 0 Å². The minimum atomic E-state index is 0.323. The van der Waals surface area contributed by atoms with E-state index >= 15 is 0 Å². The van der Waals surface area contributed by atoms with Gasteiger partial charge in [0.2, 0.25) is 0 Å². The minimum absolute atomic E-state index is 0.323. The molecule has 0 radical (unpaired) electrons. The van der Waals surface area contributed by atoms with Gasteiger partial charge in [-0.3, -0.25) is 9.88 Å². The summed E-state index contributed by atoms with van der Waals surface area (Å²) >= 11 is 0. The molecule has 0 bridgehead atoms. The number of nitrogens with two attached hydrogens (primary N) is 1. The van der Waals surface area contributed by atoms with Crippen LogP contribution in [0.15, 0.2) is 18.5 Å². The van der Waals surface area contributed by atoms with Gasteiger partial charge in [0.05, 0.1) is 0 Å². The fourth-order valence-electron chi connectivity index (χ4n) is 3.03. The lowest BCUT2D eigenvalue weighted by Crippen LogP contribution is -2.36. The molecule has 1 aromatic rings. The van der Waals surface area contributed by atoms with Crippen LogP contribution in [0.5, 0.6) is 0 Å². The van der Waals surface area contributed by atoms with Gasteiger partial charge in [0, 0.05) is 37.6 Å². The molecule has 3 unspecified atom stereocenters. The summed E-state index contributed by atoms with van der Waals surface area (Å²) in [5, 5.41) is 0. The molecule has 94 valence electrons. The van der Waals surface area contributed by atoms with E-state index in [1.807, 2.05) is 12.4 Å². The SMILES string of the molecule is Cc1ccncc1C(CN)N1CC(C)CC1C. The molecular weight excluding hydrogens is 210 g/mol. The Morgan fingerprint density at radius 3 is 2.82 bits per heavy atom. The van der Waals surface area contributed by atoms with Crippen LogP contribution >= 0.6 is 0 Å². The van der Waals surface area contributed by atoms with Crippen molar-refractivity contribution in [2.45, 2.75) is 39.3 Å². The molecule has 1 fully saturated rings. The smallest absolute Gasteiger partial charge is 0.0491 e. The van der Waals surface area contributed by atoms with Crippen molar-refractivity contribution in [3.05, 3.63) is 29.6 Å². The average molecular weight is 233 g/mol. The van der Waals surface area contributed by atoms with Gasteiger partial charge in [-0.1, -0.05) is 6.92 Å². The predicted octanol–water partition coefficient (Wildman–Crippen LogP) is 2.12. The van der Waals surface area contributed by atoms with Gasteiger partial charge >= 0.3 is 0 Å². The van der Waals surface area contributed by atoms with Gasteiger partial charge in [-0.05, 0) is 43.4 Å². The van der Waals surface area contributed by atoms with Crippen LogP contribution in [0, 0.1) is 12.8 Å². The maximum Gasteiger partial charge on any atom is 0.0491 e. The molecular formula is C14H23N3. The van der Waals surface area contributed by atoms with Gasteiger partial charge in [0.15, 0.2) is 0 Å². The number of pyridine rings is 1. The van der Waals surface area contributed by atoms with Crippen LogP contribution in [0.2, 0.25) is 0 Å². The van der Waals surface area contributed by atoms with Crippen molar-refractivity contribution in [1.82, 2.24) is 9.88 Å². The first-order valence-electron chi connectivity index (χ1n) is 6.49. The molecule has 2 rings (SSSR count). The van der Waals surface area contributed by atoms with Crippen molar-refractivity contribution in [2.24, 2.45) is 11.7 Å². The Morgan fingerprint density at radius 2 is 2.29 bits per heavy atom. The van der Waals surface area contributed by atoms with Crippen LogP contribution in [0.25, 0.3) is 0 Å². The highest BCUT2D eigenvalue weighted by molar-refractivity contribution is 5.26. The minimum Gasteiger partial charge on any atom is -0.329 e. The number of aryl methyl sites for hydroxylation is 1. The maximum atomic E-state index is 5.99. The van der Waals surface area contributed by atoms with E-state index in [1.54, 1.807) is 0 Å². The zero-order chi connectivity index (χ0) is 12.4. The van der Waals surface area contributed by atoms with Gasteiger partial charge in [-0.2, -0.15) is 0 Å². The first-order valence-corrected chi connectivity index (χ1v) is 6.49. The van der Waals surface area contributed by atoms with Crippen molar-refractivity contribution < 1.29 is 0 Å². The van der Waals surface area contributed by atoms with Crippen LogP contribution in [-0.4, -0.2) is 29.0 Å². The molecule has 0 aromatic carbocycles. The quantitative estimate of drug-likeness (QED) is 0.869. The highest BCUT2D eigenvalue weighted by atomic mass is 15.2. The van der Waals surface area contributed by atoms with E-state index in [2.05, 4.69) is 36.7 Å². The Kier molecular flexibility index (Phi) is 3.79. The molecule has 0 spiro atoms. The van der Waals surface area contributed by atoms with Crippen LogP contribution < -0.4 is 5.73 Å². The topological polar surface area (TPSA) is 42.1 Å². The fourth-order valence-corrected chi connectivity index (χ4v) is 3.03. The predicted molar refractivity (Wildman–Crippen MR) is 70.7 cm³/mol. The number of likely N-dealkylation sites (tertiary alicyclic amines) is 1. The van der Waals surface area contributed by atoms with E-state index in [4.69, 9.17) is 5.73 Å². The second kappa shape index (κ2) is 5.15. The Balaban J connectivity index is 2.25. The van der Waals surface area contributed by atoms with Crippen molar-refractivity contribution >= 4 is 0 Å². The van der Waals surface area contributed by atoms with Crippen LogP contribution in [0.4, 0.5) is 0 Å². The van der Waals surface area contributed by atoms with Crippen molar-refractivity contribution in [2.75, 3.05) is 13.1 Å². The molecule has 0 amide bonds. The average Bonchev–Trinajstić information content (AvgIpc) is 2.62. The molecule has 0 saturated carbocycles. The first kappa shape index (κ1) is 12.5. The monoisotopic (exact) mass is 233 g/mol. The summed E-state index contributed by atoms with van der Waals surface area (Å²) in [6, 6.07) is 3.02. The van der Waals surface area contributed by atoms with Gasteiger partial charge in [0.1, 0.15) is 0 Å². The fraction of sp³-hybridized carbons (Fsp3) is 0.643. The number of hydrogen-bond acceptors (Lipinski definition) is 3.